The molecule has 3 N–H and O–H groups in total. The van der Waals surface area contributed by atoms with E-state index in [0.717, 1.165) is 12.1 Å². The largest absolute Gasteiger partial charge is 0.394 e. The summed E-state index contributed by atoms with van der Waals surface area (Å²) in [6, 6.07) is 0.579. The summed E-state index contributed by atoms with van der Waals surface area (Å²) in [7, 11) is 1.44. The summed E-state index contributed by atoms with van der Waals surface area (Å²) in [5, 5.41) is 36.4. The summed E-state index contributed by atoms with van der Waals surface area (Å²) in [6.07, 6.45) is -0.412. The van der Waals surface area contributed by atoms with E-state index in [1.165, 1.54) is 18.0 Å². The number of nitrogens with one attached hydrogen (secondary N) is 1. The zero-order valence-corrected chi connectivity index (χ0v) is 24.5. The van der Waals surface area contributed by atoms with Crippen LogP contribution in [0.2, 0.25) is 0 Å². The van der Waals surface area contributed by atoms with Crippen molar-refractivity contribution in [2.75, 3.05) is 26.8 Å². The van der Waals surface area contributed by atoms with Gasteiger partial charge in [-0.1, -0.05) is 10.4 Å². The molecular formula is C28H37F3N6O6. The minimum Gasteiger partial charge on any atom is -0.394 e. The molecule has 2 fully saturated rings. The van der Waals surface area contributed by atoms with Crippen LogP contribution in [0, 0.1) is 17.5 Å². The van der Waals surface area contributed by atoms with Crippen molar-refractivity contribution in [2.45, 2.75) is 88.1 Å². The monoisotopic (exact) mass is 610 g/mol. The fraction of sp³-hybridized carbons (Fsp3) is 0.643. The Morgan fingerprint density at radius 3 is 2.47 bits per heavy atom. The molecule has 1 spiro atoms. The lowest BCUT2D eigenvalue weighted by Gasteiger charge is -2.43. The van der Waals surface area contributed by atoms with Crippen molar-refractivity contribution in [3.63, 3.8) is 0 Å². The lowest BCUT2D eigenvalue weighted by molar-refractivity contribution is -0.210. The number of piperidine rings is 1. The van der Waals surface area contributed by atoms with Gasteiger partial charge >= 0.3 is 6.03 Å². The molecule has 0 bridgehead atoms. The number of aliphatic hydroxyl groups excluding tert-OH is 2. The minimum atomic E-state index is -1.60. The molecule has 5 atom stereocenters. The van der Waals surface area contributed by atoms with E-state index in [4.69, 9.17) is 14.3 Å². The van der Waals surface area contributed by atoms with Gasteiger partial charge in [0.2, 0.25) is 0 Å². The summed E-state index contributed by atoms with van der Waals surface area (Å²) < 4.78 is 54.2. The minimum absolute atomic E-state index is 0.0430. The molecule has 2 aromatic rings. The van der Waals surface area contributed by atoms with E-state index in [0.29, 0.717) is 38.1 Å². The van der Waals surface area contributed by atoms with Crippen molar-refractivity contribution in [2.24, 2.45) is 5.16 Å². The van der Waals surface area contributed by atoms with Crippen LogP contribution in [0.5, 0.6) is 0 Å². The van der Waals surface area contributed by atoms with Crippen molar-refractivity contribution in [1.29, 1.82) is 0 Å². The smallest absolute Gasteiger partial charge is 0.317 e. The zero-order valence-electron chi connectivity index (χ0n) is 24.5. The molecular weight excluding hydrogens is 573 g/mol. The summed E-state index contributed by atoms with van der Waals surface area (Å²) in [4.78, 5) is 20.3. The molecule has 5 rings (SSSR count). The third-order valence-electron chi connectivity index (χ3n) is 8.11. The van der Waals surface area contributed by atoms with Gasteiger partial charge in [-0.3, -0.25) is 0 Å². The quantitative estimate of drug-likeness (QED) is 0.424. The van der Waals surface area contributed by atoms with Crippen molar-refractivity contribution in [3.8, 4) is 11.3 Å². The Balaban J connectivity index is 1.28. The Hall–Kier alpha value is -3.27. The molecule has 3 aliphatic heterocycles. The summed E-state index contributed by atoms with van der Waals surface area (Å²) in [6.45, 7) is 6.32. The maximum Gasteiger partial charge on any atom is 0.317 e. The molecule has 4 heterocycles. The van der Waals surface area contributed by atoms with E-state index < -0.39 is 60.1 Å². The lowest BCUT2D eigenvalue weighted by Crippen LogP contribution is -2.57. The number of nitrogens with zero attached hydrogens (tertiary/aromatic N) is 5. The van der Waals surface area contributed by atoms with Crippen molar-refractivity contribution in [3.05, 3.63) is 35.8 Å². The van der Waals surface area contributed by atoms with Gasteiger partial charge in [0.05, 0.1) is 24.6 Å². The van der Waals surface area contributed by atoms with Crippen LogP contribution in [-0.4, -0.2) is 104 Å². The van der Waals surface area contributed by atoms with E-state index in [1.807, 2.05) is 20.8 Å². The highest BCUT2D eigenvalue weighted by atomic mass is 19.2. The van der Waals surface area contributed by atoms with E-state index in [-0.39, 0.29) is 29.2 Å². The second-order valence-electron chi connectivity index (χ2n) is 12.4. The SMILES string of the molecule is CO[C@@H]1[C@@H](n2cc(-c3cc(F)c(F)c(F)c3)nn2)[C@@H](O)[C@@H](CO)O[C@@H]1CC1=NOC2(CCN(C(=O)NC(C)(C)C)CC2)C1. The number of benzene rings is 1. The first-order valence-electron chi connectivity index (χ1n) is 14.2. The zero-order chi connectivity index (χ0) is 31.1. The Morgan fingerprint density at radius 1 is 1.19 bits per heavy atom. The summed E-state index contributed by atoms with van der Waals surface area (Å²) >= 11 is 0. The van der Waals surface area contributed by atoms with Crippen molar-refractivity contribution < 1.29 is 42.5 Å². The van der Waals surface area contributed by atoms with Gasteiger partial charge in [0, 0.05) is 57.0 Å². The highest BCUT2D eigenvalue weighted by Gasteiger charge is 2.49. The highest BCUT2D eigenvalue weighted by molar-refractivity contribution is 5.86. The number of carbonyl (C=O) groups excluding carboxylic acids is 1. The second kappa shape index (κ2) is 12.0. The number of urea groups is 1. The fourth-order valence-electron chi connectivity index (χ4n) is 5.91. The molecule has 15 heteroatoms. The molecule has 2 saturated heterocycles. The van der Waals surface area contributed by atoms with E-state index >= 15 is 0 Å². The van der Waals surface area contributed by atoms with Crippen LogP contribution in [0.15, 0.2) is 23.5 Å². The van der Waals surface area contributed by atoms with Crippen LogP contribution in [0.3, 0.4) is 0 Å². The number of rotatable bonds is 6. The lowest BCUT2D eigenvalue weighted by atomic mass is 9.84. The topological polar surface area (TPSA) is 144 Å². The molecule has 1 aromatic carbocycles. The number of ether oxygens (including phenoxy) is 2. The van der Waals surface area contributed by atoms with Crippen LogP contribution >= 0.6 is 0 Å². The van der Waals surface area contributed by atoms with Crippen molar-refractivity contribution in [1.82, 2.24) is 25.2 Å². The van der Waals surface area contributed by atoms with Crippen molar-refractivity contribution >= 4 is 11.7 Å². The Bertz CT molecular complexity index is 1340. The third-order valence-corrected chi connectivity index (χ3v) is 8.11. The summed E-state index contributed by atoms with van der Waals surface area (Å²) in [5.74, 6) is -4.34. The van der Waals surface area contributed by atoms with Crippen LogP contribution < -0.4 is 5.32 Å². The highest BCUT2D eigenvalue weighted by Crippen LogP contribution is 2.39. The van der Waals surface area contributed by atoms with Gasteiger partial charge in [0.25, 0.3) is 0 Å². The van der Waals surface area contributed by atoms with Gasteiger partial charge < -0.3 is 34.7 Å². The first kappa shape index (κ1) is 31.2. The molecule has 236 valence electrons. The van der Waals surface area contributed by atoms with Gasteiger partial charge in [-0.15, -0.1) is 5.10 Å². The third kappa shape index (κ3) is 6.49. The predicted octanol–water partition coefficient (Wildman–Crippen LogP) is 2.55. The van der Waals surface area contributed by atoms with Gasteiger partial charge in [-0.05, 0) is 32.9 Å². The average Bonchev–Trinajstić information content (AvgIpc) is 3.59. The molecule has 0 aliphatic carbocycles. The van der Waals surface area contributed by atoms with Crippen LogP contribution in [0.25, 0.3) is 11.3 Å². The number of methoxy groups -OCH3 is 1. The Labute approximate surface area is 246 Å². The first-order chi connectivity index (χ1) is 20.3. The molecule has 2 amide bonds. The van der Waals surface area contributed by atoms with Crippen LogP contribution in [0.1, 0.15) is 52.5 Å². The van der Waals surface area contributed by atoms with Gasteiger partial charge in [0.15, 0.2) is 17.5 Å². The second-order valence-corrected chi connectivity index (χ2v) is 12.4. The number of hydrogen-bond acceptors (Lipinski definition) is 9. The molecule has 12 nitrogen and oxygen atoms in total. The normalized spacial score (nSPS) is 27.2. The molecule has 0 unspecified atom stereocenters. The Morgan fingerprint density at radius 2 is 1.86 bits per heavy atom. The number of halogens is 3. The molecule has 0 saturated carbocycles. The van der Waals surface area contributed by atoms with E-state index in [1.54, 1.807) is 4.90 Å². The number of likely N-dealkylation sites (tertiary alicyclic amines) is 1. The van der Waals surface area contributed by atoms with Gasteiger partial charge in [0.1, 0.15) is 35.6 Å². The summed E-state index contributed by atoms with van der Waals surface area (Å²) in [5.41, 5.74) is -0.171. The maximum absolute atomic E-state index is 13.8. The number of aromatic nitrogens is 3. The number of carbonyl (C=O) groups is 1. The number of oxime groups is 1. The molecule has 43 heavy (non-hydrogen) atoms. The Kier molecular flexibility index (Phi) is 8.71. The van der Waals surface area contributed by atoms with Gasteiger partial charge in [-0.25, -0.2) is 22.6 Å². The average molecular weight is 611 g/mol. The van der Waals surface area contributed by atoms with Gasteiger partial charge in [-0.2, -0.15) is 0 Å². The molecule has 0 radical (unpaired) electrons. The van der Waals surface area contributed by atoms with Crippen LogP contribution in [-0.2, 0) is 14.3 Å². The maximum atomic E-state index is 13.8. The molecule has 3 aliphatic rings. The number of hydrogen-bond donors (Lipinski definition) is 3. The fourth-order valence-corrected chi connectivity index (χ4v) is 5.91. The predicted molar refractivity (Wildman–Crippen MR) is 146 cm³/mol. The van der Waals surface area contributed by atoms with E-state index in [9.17, 15) is 28.2 Å². The number of amides is 2. The first-order valence-corrected chi connectivity index (χ1v) is 14.2. The standard InChI is InChI=1S/C28H37F3N6O6/c1-27(2,3)32-26(40)36-7-5-28(6-8-36)12-16(34-43-28)11-20-25(41-4)23(24(39)21(14-38)42-20)37-13-19(33-35-37)15-9-17(29)22(31)18(30)10-15/h9-10,13,20-21,23-25,38-39H,5-8,11-12,14H2,1-4H3,(H,32,40)/t20-,21-,23+,24+,25+/m1/s1. The van der Waals surface area contributed by atoms with E-state index in [2.05, 4.69) is 20.8 Å². The van der Waals surface area contributed by atoms with Crippen LogP contribution in [0.4, 0.5) is 18.0 Å². The number of aliphatic hydroxyl groups is 2. The molecule has 1 aromatic heterocycles.